The van der Waals surface area contributed by atoms with Crippen LogP contribution < -0.4 is 0 Å². The standard InChI is InChI=1S/C14H12O3S/c15-14(16)10-11-5-4-8-13(9-11)18(17)12-6-2-1-3-7-12/h1-9H,10H2,(H,15,16). The molecule has 0 amide bonds. The van der Waals surface area contributed by atoms with Gasteiger partial charge in [0.25, 0.3) is 0 Å². The zero-order valence-electron chi connectivity index (χ0n) is 9.58. The number of hydrogen-bond acceptors (Lipinski definition) is 2. The van der Waals surface area contributed by atoms with E-state index < -0.39 is 16.8 Å². The number of hydrogen-bond donors (Lipinski definition) is 1. The maximum Gasteiger partial charge on any atom is 0.307 e. The van der Waals surface area contributed by atoms with Crippen LogP contribution in [0.2, 0.25) is 0 Å². The van der Waals surface area contributed by atoms with Crippen molar-refractivity contribution >= 4 is 16.8 Å². The summed E-state index contributed by atoms with van der Waals surface area (Å²) in [6, 6.07) is 16.0. The van der Waals surface area contributed by atoms with Gasteiger partial charge in [-0.1, -0.05) is 30.3 Å². The Kier molecular flexibility index (Phi) is 3.89. The first-order valence-corrected chi connectivity index (χ1v) is 6.59. The SMILES string of the molecule is O=C(O)Cc1cccc(S(=O)c2ccccc2)c1. The second-order valence-electron chi connectivity index (χ2n) is 3.80. The Morgan fingerprint density at radius 3 is 2.33 bits per heavy atom. The molecule has 0 heterocycles. The first-order valence-electron chi connectivity index (χ1n) is 5.44. The second kappa shape index (κ2) is 5.60. The van der Waals surface area contributed by atoms with E-state index >= 15 is 0 Å². The van der Waals surface area contributed by atoms with Crippen molar-refractivity contribution in [2.75, 3.05) is 0 Å². The molecule has 1 unspecified atom stereocenters. The van der Waals surface area contributed by atoms with Crippen LogP contribution in [0.4, 0.5) is 0 Å². The van der Waals surface area contributed by atoms with Crippen molar-refractivity contribution < 1.29 is 14.1 Å². The van der Waals surface area contributed by atoms with Gasteiger partial charge in [-0.25, -0.2) is 4.21 Å². The monoisotopic (exact) mass is 260 g/mol. The average molecular weight is 260 g/mol. The summed E-state index contributed by atoms with van der Waals surface area (Å²) in [4.78, 5) is 12.0. The lowest BCUT2D eigenvalue weighted by molar-refractivity contribution is -0.136. The topological polar surface area (TPSA) is 54.4 Å². The molecule has 2 aromatic rings. The fourth-order valence-electron chi connectivity index (χ4n) is 1.63. The van der Waals surface area contributed by atoms with E-state index in [1.807, 2.05) is 18.2 Å². The lowest BCUT2D eigenvalue weighted by Gasteiger charge is -2.04. The minimum Gasteiger partial charge on any atom is -0.481 e. The molecule has 0 saturated heterocycles. The molecule has 0 aliphatic heterocycles. The Morgan fingerprint density at radius 1 is 1.00 bits per heavy atom. The molecule has 0 bridgehead atoms. The van der Waals surface area contributed by atoms with Crippen LogP contribution >= 0.6 is 0 Å². The Labute approximate surface area is 108 Å². The quantitative estimate of drug-likeness (QED) is 0.918. The Morgan fingerprint density at radius 2 is 1.67 bits per heavy atom. The highest BCUT2D eigenvalue weighted by atomic mass is 32.2. The normalized spacial score (nSPS) is 12.0. The maximum atomic E-state index is 12.2. The second-order valence-corrected chi connectivity index (χ2v) is 5.28. The molecule has 18 heavy (non-hydrogen) atoms. The molecule has 0 aromatic heterocycles. The van der Waals surface area contributed by atoms with E-state index in [0.717, 1.165) is 0 Å². The van der Waals surface area contributed by atoms with Gasteiger partial charge in [0.05, 0.1) is 17.2 Å². The molecule has 0 fully saturated rings. The summed E-state index contributed by atoms with van der Waals surface area (Å²) in [6.45, 7) is 0. The van der Waals surface area contributed by atoms with Crippen LogP contribution in [-0.2, 0) is 22.0 Å². The van der Waals surface area contributed by atoms with Gasteiger partial charge < -0.3 is 5.11 Å². The lowest BCUT2D eigenvalue weighted by Crippen LogP contribution is -2.01. The van der Waals surface area contributed by atoms with Crippen molar-refractivity contribution in [1.29, 1.82) is 0 Å². The Balaban J connectivity index is 2.29. The third-order valence-electron chi connectivity index (χ3n) is 2.43. The zero-order valence-corrected chi connectivity index (χ0v) is 10.4. The smallest absolute Gasteiger partial charge is 0.307 e. The number of aliphatic carboxylic acids is 1. The summed E-state index contributed by atoms with van der Waals surface area (Å²) in [5, 5.41) is 8.74. The Hall–Kier alpha value is -1.94. The van der Waals surface area contributed by atoms with E-state index in [2.05, 4.69) is 0 Å². The zero-order chi connectivity index (χ0) is 13.0. The minimum atomic E-state index is -1.26. The largest absolute Gasteiger partial charge is 0.481 e. The van der Waals surface area contributed by atoms with Crippen LogP contribution in [0.25, 0.3) is 0 Å². The fraction of sp³-hybridized carbons (Fsp3) is 0.0714. The van der Waals surface area contributed by atoms with Crippen molar-refractivity contribution in [2.24, 2.45) is 0 Å². The van der Waals surface area contributed by atoms with Crippen molar-refractivity contribution in [3.8, 4) is 0 Å². The summed E-state index contributed by atoms with van der Waals surface area (Å²) >= 11 is 0. The van der Waals surface area contributed by atoms with E-state index in [-0.39, 0.29) is 6.42 Å². The molecule has 0 saturated carbocycles. The minimum absolute atomic E-state index is 0.0557. The summed E-state index contributed by atoms with van der Waals surface area (Å²) in [5.74, 6) is -0.891. The summed E-state index contributed by atoms with van der Waals surface area (Å²) in [5.41, 5.74) is 0.657. The third-order valence-corrected chi connectivity index (χ3v) is 3.81. The van der Waals surface area contributed by atoms with Crippen molar-refractivity contribution in [2.45, 2.75) is 16.2 Å². The van der Waals surface area contributed by atoms with Gasteiger partial charge >= 0.3 is 5.97 Å². The molecule has 92 valence electrons. The van der Waals surface area contributed by atoms with Crippen molar-refractivity contribution in [3.63, 3.8) is 0 Å². The lowest BCUT2D eigenvalue weighted by atomic mass is 10.2. The molecule has 1 N–H and O–H groups in total. The van der Waals surface area contributed by atoms with E-state index in [0.29, 0.717) is 15.4 Å². The number of carboxylic acids is 1. The van der Waals surface area contributed by atoms with Crippen LogP contribution in [-0.4, -0.2) is 15.3 Å². The summed E-state index contributed by atoms with van der Waals surface area (Å²) in [6.07, 6.45) is -0.0557. The molecule has 3 nitrogen and oxygen atoms in total. The van der Waals surface area contributed by atoms with Gasteiger partial charge in [-0.3, -0.25) is 4.79 Å². The number of carboxylic acid groups (broad SMARTS) is 1. The van der Waals surface area contributed by atoms with E-state index in [1.54, 1.807) is 36.4 Å². The third kappa shape index (κ3) is 3.05. The molecule has 0 aliphatic carbocycles. The van der Waals surface area contributed by atoms with Crippen LogP contribution in [0.3, 0.4) is 0 Å². The molecular formula is C14H12O3S. The molecule has 0 spiro atoms. The van der Waals surface area contributed by atoms with Gasteiger partial charge in [0.2, 0.25) is 0 Å². The van der Waals surface area contributed by atoms with Gasteiger partial charge in [0.15, 0.2) is 0 Å². The van der Waals surface area contributed by atoms with Crippen LogP contribution in [0.1, 0.15) is 5.56 Å². The van der Waals surface area contributed by atoms with Gasteiger partial charge in [-0.05, 0) is 29.8 Å². The fourth-order valence-corrected chi connectivity index (χ4v) is 2.76. The highest BCUT2D eigenvalue weighted by Gasteiger charge is 2.08. The maximum absolute atomic E-state index is 12.2. The first kappa shape index (κ1) is 12.5. The van der Waals surface area contributed by atoms with Gasteiger partial charge in [0, 0.05) is 9.79 Å². The molecule has 1 atom stereocenters. The number of rotatable bonds is 4. The number of carbonyl (C=O) groups is 1. The predicted molar refractivity (Wildman–Crippen MR) is 68.9 cm³/mol. The highest BCUT2D eigenvalue weighted by molar-refractivity contribution is 7.85. The molecule has 0 radical (unpaired) electrons. The summed E-state index contributed by atoms with van der Waals surface area (Å²) in [7, 11) is -1.26. The van der Waals surface area contributed by atoms with Crippen LogP contribution in [0, 0.1) is 0 Å². The molecule has 4 heteroatoms. The van der Waals surface area contributed by atoms with E-state index in [9.17, 15) is 9.00 Å². The molecular weight excluding hydrogens is 248 g/mol. The highest BCUT2D eigenvalue weighted by Crippen LogP contribution is 2.17. The van der Waals surface area contributed by atoms with E-state index in [4.69, 9.17) is 5.11 Å². The van der Waals surface area contributed by atoms with Crippen molar-refractivity contribution in [3.05, 3.63) is 60.2 Å². The van der Waals surface area contributed by atoms with Gasteiger partial charge in [0.1, 0.15) is 0 Å². The first-order chi connectivity index (χ1) is 8.66. The molecule has 2 rings (SSSR count). The summed E-state index contributed by atoms with van der Waals surface area (Å²) < 4.78 is 12.2. The van der Waals surface area contributed by atoms with Crippen LogP contribution in [0.15, 0.2) is 64.4 Å². The van der Waals surface area contributed by atoms with Crippen LogP contribution in [0.5, 0.6) is 0 Å². The molecule has 2 aromatic carbocycles. The van der Waals surface area contributed by atoms with Gasteiger partial charge in [-0.15, -0.1) is 0 Å². The Bertz CT molecular complexity index is 579. The molecule has 0 aliphatic rings. The van der Waals surface area contributed by atoms with E-state index in [1.165, 1.54) is 0 Å². The van der Waals surface area contributed by atoms with Crippen molar-refractivity contribution in [1.82, 2.24) is 0 Å². The predicted octanol–water partition coefficient (Wildman–Crippen LogP) is 2.48. The number of benzene rings is 2. The van der Waals surface area contributed by atoms with Gasteiger partial charge in [-0.2, -0.15) is 0 Å². The average Bonchev–Trinajstić information content (AvgIpc) is 2.38.